The molecule has 8 atom stereocenters. The molecule has 2 aliphatic heterocycles. The summed E-state index contributed by atoms with van der Waals surface area (Å²) in [6, 6.07) is 0. The first kappa shape index (κ1) is 43.4. The Kier molecular flexibility index (Phi) is 19.2. The van der Waals surface area contributed by atoms with E-state index in [-0.39, 0.29) is 35.9 Å². The molecule has 2 heterocycles. The van der Waals surface area contributed by atoms with Gasteiger partial charge in [-0.15, -0.1) is 0 Å². The molecule has 10 heteroatoms. The number of rotatable bonds is 20. The molecule has 2 saturated heterocycles. The van der Waals surface area contributed by atoms with Crippen molar-refractivity contribution in [3.05, 3.63) is 36.6 Å². The van der Waals surface area contributed by atoms with Crippen LogP contribution in [0.15, 0.2) is 36.6 Å². The van der Waals surface area contributed by atoms with E-state index in [0.717, 1.165) is 69.8 Å². The van der Waals surface area contributed by atoms with Crippen LogP contribution < -0.4 is 0 Å². The Morgan fingerprint density at radius 3 is 1.60 bits per heavy atom. The fourth-order valence-electron chi connectivity index (χ4n) is 6.23. The fourth-order valence-corrected chi connectivity index (χ4v) is 6.77. The number of carbonyl (C=O) groups excluding carboxylic acids is 1. The van der Waals surface area contributed by atoms with Crippen LogP contribution in [0.5, 0.6) is 0 Å². The van der Waals surface area contributed by atoms with Crippen LogP contribution >= 0.6 is 0 Å². The molecule has 47 heavy (non-hydrogen) atoms. The number of carbonyl (C=O) groups is 1. The number of unbranched alkanes of at least 4 members (excludes halogenated alkanes) is 2. The maximum absolute atomic E-state index is 12.4. The Balaban J connectivity index is 0.000000491. The predicted octanol–water partition coefficient (Wildman–Crippen LogP) is 10.6. The van der Waals surface area contributed by atoms with Crippen LogP contribution in [0.2, 0.25) is 0 Å². The topological polar surface area (TPSA) is 78.9 Å². The average Bonchev–Trinajstić information content (AvgIpc) is 3.52. The Bertz CT molecular complexity index is 1100. The van der Waals surface area contributed by atoms with Crippen molar-refractivity contribution in [1.29, 1.82) is 0 Å². The molecular weight excluding hydrogens is 629 g/mol. The lowest BCUT2D eigenvalue weighted by molar-refractivity contribution is -0.120. The van der Waals surface area contributed by atoms with Gasteiger partial charge in [-0.2, -0.15) is 21.6 Å². The average molecular weight is 693 g/mol. The van der Waals surface area contributed by atoms with Gasteiger partial charge in [-0.05, 0) is 94.1 Å². The molecule has 2 unspecified atom stereocenters. The normalized spacial score (nSPS) is 24.3. The third kappa shape index (κ3) is 16.1. The van der Waals surface area contributed by atoms with E-state index in [9.17, 15) is 26.4 Å². The number of ether oxygens (including phenoxy) is 2. The van der Waals surface area contributed by atoms with Gasteiger partial charge in [0.05, 0.1) is 24.4 Å². The summed E-state index contributed by atoms with van der Waals surface area (Å²) in [6.45, 7) is 25.5. The Labute approximate surface area is 284 Å². The molecule has 0 aromatic rings. The Hall–Kier alpha value is -1.65. The van der Waals surface area contributed by atoms with Crippen molar-refractivity contribution < 1.29 is 40.0 Å². The summed E-state index contributed by atoms with van der Waals surface area (Å²) in [6.07, 6.45) is 15.0. The summed E-state index contributed by atoms with van der Waals surface area (Å²) < 4.78 is 75.5. The predicted molar refractivity (Wildman–Crippen MR) is 184 cm³/mol. The van der Waals surface area contributed by atoms with Crippen molar-refractivity contribution in [3.63, 3.8) is 0 Å². The molecular formula is C37H63F3O6S. The highest BCUT2D eigenvalue weighted by Gasteiger charge is 2.49. The Morgan fingerprint density at radius 2 is 1.23 bits per heavy atom. The zero-order chi connectivity index (χ0) is 35.9. The lowest BCUT2D eigenvalue weighted by Gasteiger charge is -2.21. The zero-order valence-corrected chi connectivity index (χ0v) is 30.9. The van der Waals surface area contributed by atoms with Gasteiger partial charge in [0.25, 0.3) is 0 Å². The number of hydrogen-bond donors (Lipinski definition) is 0. The van der Waals surface area contributed by atoms with Gasteiger partial charge >= 0.3 is 15.6 Å². The second-order valence-corrected chi connectivity index (χ2v) is 15.7. The van der Waals surface area contributed by atoms with Crippen LogP contribution in [0.3, 0.4) is 0 Å². The van der Waals surface area contributed by atoms with Crippen molar-refractivity contribution in [2.45, 2.75) is 168 Å². The summed E-state index contributed by atoms with van der Waals surface area (Å²) in [5, 5.41) is 0. The van der Waals surface area contributed by atoms with Crippen LogP contribution in [0.25, 0.3) is 0 Å². The third-order valence-electron chi connectivity index (χ3n) is 9.46. The highest BCUT2D eigenvalue weighted by atomic mass is 32.2. The molecule has 0 bridgehead atoms. The van der Waals surface area contributed by atoms with Crippen molar-refractivity contribution in [2.75, 3.05) is 0 Å². The van der Waals surface area contributed by atoms with E-state index in [1.54, 1.807) is 13.8 Å². The Morgan fingerprint density at radius 1 is 0.830 bits per heavy atom. The van der Waals surface area contributed by atoms with Crippen LogP contribution in [0, 0.1) is 23.7 Å². The molecule has 2 rings (SSSR count). The second-order valence-electron chi connectivity index (χ2n) is 14.2. The standard InChI is InChI=1S/C19H31F3O4S.C18H32O2/c1-6-7-8-17-12-15(4)18(25-17)10-9-13(2)11-14(3)16(5)26-27(23,24)19(20,21)22;1-6-7-8-17-12-15(4)18(20-17)10-9-13(2)11-14(3)16(5)19/h13-14,17-18H,4-12H2,1-3H3;13-14,17-18H,4,6-12H2,1-3,5H3/t2*13-,14-,17+,18?/m11/s1. The van der Waals surface area contributed by atoms with Crippen molar-refractivity contribution >= 4 is 15.9 Å². The highest BCUT2D eigenvalue weighted by molar-refractivity contribution is 7.87. The lowest BCUT2D eigenvalue weighted by Crippen LogP contribution is -2.26. The smallest absolute Gasteiger partial charge is 0.381 e. The van der Waals surface area contributed by atoms with Crippen molar-refractivity contribution in [3.8, 4) is 0 Å². The van der Waals surface area contributed by atoms with Gasteiger partial charge in [0.2, 0.25) is 0 Å². The molecule has 0 aromatic heterocycles. The SMILES string of the molecule is C=C1C[C@H](CCCC)OC1CC[C@@H](C)C[C@@H](C)C(=C)OS(=O)(=O)C(F)(F)F.C=C1C[C@H](CCCC)OC1CC[C@@H](C)C[C@@H](C)C(C)=O. The minimum atomic E-state index is -5.66. The summed E-state index contributed by atoms with van der Waals surface area (Å²) in [5.41, 5.74) is -3.08. The lowest BCUT2D eigenvalue weighted by atomic mass is 9.90. The van der Waals surface area contributed by atoms with E-state index in [1.807, 2.05) is 13.8 Å². The highest BCUT2D eigenvalue weighted by Crippen LogP contribution is 2.34. The van der Waals surface area contributed by atoms with E-state index >= 15 is 0 Å². The minimum absolute atomic E-state index is 0.0228. The van der Waals surface area contributed by atoms with Crippen LogP contribution in [-0.2, 0) is 28.6 Å². The fraction of sp³-hybridized carbons (Fsp3) is 0.811. The molecule has 0 amide bonds. The first-order valence-electron chi connectivity index (χ1n) is 17.7. The van der Waals surface area contributed by atoms with Gasteiger partial charge < -0.3 is 13.7 Å². The molecule has 0 aliphatic carbocycles. The van der Waals surface area contributed by atoms with Gasteiger partial charge in [0.1, 0.15) is 11.5 Å². The zero-order valence-electron chi connectivity index (χ0n) is 30.1. The summed E-state index contributed by atoms with van der Waals surface area (Å²) in [4.78, 5) is 11.3. The van der Waals surface area contributed by atoms with Gasteiger partial charge in [-0.3, -0.25) is 4.79 Å². The van der Waals surface area contributed by atoms with Crippen molar-refractivity contribution in [2.24, 2.45) is 23.7 Å². The number of hydrogen-bond acceptors (Lipinski definition) is 6. The first-order chi connectivity index (χ1) is 21.8. The number of ketones is 1. The monoisotopic (exact) mass is 692 g/mol. The van der Waals surface area contributed by atoms with Gasteiger partial charge in [0.15, 0.2) is 0 Å². The number of halogens is 3. The maximum Gasteiger partial charge on any atom is 0.534 e. The molecule has 0 spiro atoms. The number of alkyl halides is 3. The molecule has 6 nitrogen and oxygen atoms in total. The summed E-state index contributed by atoms with van der Waals surface area (Å²) in [7, 11) is -5.66. The van der Waals surface area contributed by atoms with Gasteiger partial charge in [-0.1, -0.05) is 87.0 Å². The van der Waals surface area contributed by atoms with E-state index in [2.05, 4.69) is 44.7 Å². The molecule has 0 aromatic carbocycles. The van der Waals surface area contributed by atoms with Crippen LogP contribution in [0.4, 0.5) is 13.2 Å². The largest absolute Gasteiger partial charge is 0.534 e. The molecule has 2 fully saturated rings. The first-order valence-corrected chi connectivity index (χ1v) is 19.1. The van der Waals surface area contributed by atoms with E-state index in [0.29, 0.717) is 24.2 Å². The van der Waals surface area contributed by atoms with E-state index in [4.69, 9.17) is 9.47 Å². The molecule has 0 radical (unpaired) electrons. The number of allylic oxidation sites excluding steroid dienone is 1. The summed E-state index contributed by atoms with van der Waals surface area (Å²) >= 11 is 0. The number of Topliss-reactive ketones (excluding diaryl/α,β-unsaturated/α-hetero) is 1. The van der Waals surface area contributed by atoms with E-state index in [1.165, 1.54) is 24.8 Å². The second kappa shape index (κ2) is 20.8. The minimum Gasteiger partial charge on any atom is -0.381 e. The quantitative estimate of drug-likeness (QED) is 0.0547. The third-order valence-corrected chi connectivity index (χ3v) is 10.5. The van der Waals surface area contributed by atoms with E-state index < -0.39 is 21.5 Å². The summed E-state index contributed by atoms with van der Waals surface area (Å²) in [5.74, 6) is 0.329. The molecule has 0 saturated carbocycles. The molecule has 2 aliphatic rings. The maximum atomic E-state index is 12.4. The molecule has 274 valence electrons. The van der Waals surface area contributed by atoms with Crippen LogP contribution in [0.1, 0.15) is 138 Å². The van der Waals surface area contributed by atoms with Crippen LogP contribution in [-0.4, -0.2) is 44.1 Å². The molecule has 0 N–H and O–H groups in total. The van der Waals surface area contributed by atoms with Gasteiger partial charge in [0, 0.05) is 11.8 Å². The van der Waals surface area contributed by atoms with Gasteiger partial charge in [-0.25, -0.2) is 0 Å². The van der Waals surface area contributed by atoms with Crippen molar-refractivity contribution in [1.82, 2.24) is 0 Å².